The molecule has 1 aromatic carbocycles. The highest BCUT2D eigenvalue weighted by Crippen LogP contribution is 2.20. The van der Waals surface area contributed by atoms with Gasteiger partial charge < -0.3 is 5.11 Å². The van der Waals surface area contributed by atoms with E-state index in [0.717, 1.165) is 0 Å². The van der Waals surface area contributed by atoms with Crippen LogP contribution in [0.1, 0.15) is 11.6 Å². The lowest BCUT2D eigenvalue weighted by molar-refractivity contribution is 0.256. The molecule has 0 bridgehead atoms. The average Bonchev–Trinajstić information content (AvgIpc) is 2.36. The van der Waals surface area contributed by atoms with Crippen LogP contribution in [0.4, 0.5) is 10.7 Å². The van der Waals surface area contributed by atoms with E-state index >= 15 is 0 Å². The Kier molecular flexibility index (Phi) is 4.22. The van der Waals surface area contributed by atoms with Gasteiger partial charge in [-0.25, -0.2) is 22.9 Å². The Hall–Kier alpha value is -2.75. The summed E-state index contributed by atoms with van der Waals surface area (Å²) in [5.74, 6) is 0.224. The number of para-hydroxylation sites is 1. The van der Waals surface area contributed by atoms with Gasteiger partial charge in [0.2, 0.25) is 5.95 Å². The number of phenols is 1. The first-order valence-corrected chi connectivity index (χ1v) is 7.57. The van der Waals surface area contributed by atoms with E-state index in [1.165, 1.54) is 24.3 Å². The topological polar surface area (TPSA) is 134 Å². The summed E-state index contributed by atoms with van der Waals surface area (Å²) in [7, 11) is -4.21. The zero-order chi connectivity index (χ0) is 16.3. The fourth-order valence-corrected chi connectivity index (χ4v) is 2.67. The molecule has 2 aromatic rings. The number of anilines is 1. The SMILES string of the molecule is Cc1nc(C)nc(NC(=O)NS(=O)(=O)c2ccccc2O)n1. The maximum atomic E-state index is 12.0. The maximum absolute atomic E-state index is 12.0. The Balaban J connectivity index is 2.16. The van der Waals surface area contributed by atoms with Crippen LogP contribution in [0.5, 0.6) is 5.75 Å². The van der Waals surface area contributed by atoms with Gasteiger partial charge in [-0.15, -0.1) is 0 Å². The Labute approximate surface area is 126 Å². The van der Waals surface area contributed by atoms with Crippen molar-refractivity contribution in [2.75, 3.05) is 5.32 Å². The van der Waals surface area contributed by atoms with Gasteiger partial charge in [0, 0.05) is 0 Å². The first-order chi connectivity index (χ1) is 10.3. The largest absolute Gasteiger partial charge is 0.507 e. The van der Waals surface area contributed by atoms with Crippen LogP contribution in [0, 0.1) is 13.8 Å². The van der Waals surface area contributed by atoms with Crippen molar-refractivity contribution in [3.8, 4) is 5.75 Å². The molecule has 22 heavy (non-hydrogen) atoms. The molecule has 116 valence electrons. The molecule has 0 saturated heterocycles. The van der Waals surface area contributed by atoms with Gasteiger partial charge in [0.15, 0.2) is 0 Å². The molecule has 0 saturated carbocycles. The number of aryl methyl sites for hydroxylation is 2. The Morgan fingerprint density at radius 2 is 1.68 bits per heavy atom. The molecule has 1 heterocycles. The number of sulfonamides is 1. The van der Waals surface area contributed by atoms with Gasteiger partial charge in [0.1, 0.15) is 22.3 Å². The summed E-state index contributed by atoms with van der Waals surface area (Å²) in [6.45, 7) is 3.22. The molecule has 0 fully saturated rings. The fourth-order valence-electron chi connectivity index (χ4n) is 1.66. The lowest BCUT2D eigenvalue weighted by Gasteiger charge is -2.09. The third-order valence-corrected chi connectivity index (χ3v) is 3.84. The van der Waals surface area contributed by atoms with Crippen molar-refractivity contribution < 1.29 is 18.3 Å². The fraction of sp³-hybridized carbons (Fsp3) is 0.167. The summed E-state index contributed by atoms with van der Waals surface area (Å²) < 4.78 is 25.8. The number of aromatic nitrogens is 3. The summed E-state index contributed by atoms with van der Waals surface area (Å²) in [6.07, 6.45) is 0. The number of carbonyl (C=O) groups is 1. The molecule has 0 radical (unpaired) electrons. The molecule has 0 aliphatic carbocycles. The van der Waals surface area contributed by atoms with E-state index in [-0.39, 0.29) is 5.95 Å². The van der Waals surface area contributed by atoms with Crippen LogP contribution in [0.3, 0.4) is 0 Å². The highest BCUT2D eigenvalue weighted by molar-refractivity contribution is 7.90. The number of aromatic hydroxyl groups is 1. The minimum absolute atomic E-state index is 0.0741. The first kappa shape index (κ1) is 15.6. The van der Waals surface area contributed by atoms with Crippen molar-refractivity contribution in [2.24, 2.45) is 0 Å². The van der Waals surface area contributed by atoms with Crippen molar-refractivity contribution in [3.05, 3.63) is 35.9 Å². The normalized spacial score (nSPS) is 11.0. The monoisotopic (exact) mass is 323 g/mol. The molecule has 1 aromatic heterocycles. The first-order valence-electron chi connectivity index (χ1n) is 6.09. The van der Waals surface area contributed by atoms with Gasteiger partial charge in [-0.1, -0.05) is 12.1 Å². The number of amides is 2. The molecule has 0 aliphatic rings. The van der Waals surface area contributed by atoms with Crippen LogP contribution in [0.15, 0.2) is 29.2 Å². The quantitative estimate of drug-likeness (QED) is 0.757. The van der Waals surface area contributed by atoms with Crippen molar-refractivity contribution >= 4 is 22.0 Å². The van der Waals surface area contributed by atoms with E-state index in [1.54, 1.807) is 18.6 Å². The molecule has 2 rings (SSSR count). The molecular formula is C12H13N5O4S. The molecular weight excluding hydrogens is 310 g/mol. The van der Waals surface area contributed by atoms with E-state index in [1.807, 2.05) is 0 Å². The van der Waals surface area contributed by atoms with Gasteiger partial charge in [0.25, 0.3) is 10.0 Å². The second-order valence-electron chi connectivity index (χ2n) is 4.28. The number of urea groups is 1. The average molecular weight is 323 g/mol. The Bertz CT molecular complexity index is 802. The minimum atomic E-state index is -4.21. The number of rotatable bonds is 3. The number of hydrogen-bond donors (Lipinski definition) is 3. The standard InChI is InChI=1S/C12H13N5O4S/c1-7-13-8(2)15-11(14-7)16-12(19)17-22(20,21)10-6-4-3-5-9(10)18/h3-6,18H,1-2H3,(H2,13,14,15,16,17,19). The smallest absolute Gasteiger partial charge is 0.335 e. The molecule has 0 atom stereocenters. The Morgan fingerprint density at radius 1 is 1.09 bits per heavy atom. The zero-order valence-corrected chi connectivity index (χ0v) is 12.5. The van der Waals surface area contributed by atoms with Crippen molar-refractivity contribution in [1.82, 2.24) is 19.7 Å². The van der Waals surface area contributed by atoms with Crippen LogP contribution in [-0.2, 0) is 10.0 Å². The molecule has 0 aliphatic heterocycles. The minimum Gasteiger partial charge on any atom is -0.507 e. The summed E-state index contributed by atoms with van der Waals surface area (Å²) in [5.41, 5.74) is 0. The van der Waals surface area contributed by atoms with Crippen molar-refractivity contribution in [1.29, 1.82) is 0 Å². The highest BCUT2D eigenvalue weighted by atomic mass is 32.2. The second kappa shape index (κ2) is 5.93. The van der Waals surface area contributed by atoms with Crippen LogP contribution >= 0.6 is 0 Å². The van der Waals surface area contributed by atoms with E-state index in [9.17, 15) is 18.3 Å². The maximum Gasteiger partial charge on any atom is 0.335 e. The summed E-state index contributed by atoms with van der Waals surface area (Å²) >= 11 is 0. The number of nitrogens with zero attached hydrogens (tertiary/aromatic N) is 3. The van der Waals surface area contributed by atoms with Crippen molar-refractivity contribution in [3.63, 3.8) is 0 Å². The number of hydrogen-bond acceptors (Lipinski definition) is 7. The van der Waals surface area contributed by atoms with Crippen LogP contribution in [-0.4, -0.2) is 34.5 Å². The van der Waals surface area contributed by atoms with Crippen LogP contribution in [0.25, 0.3) is 0 Å². The molecule has 10 heteroatoms. The number of benzene rings is 1. The number of nitrogens with one attached hydrogen (secondary N) is 2. The third kappa shape index (κ3) is 3.67. The van der Waals surface area contributed by atoms with Gasteiger partial charge in [0.05, 0.1) is 0 Å². The van der Waals surface area contributed by atoms with Gasteiger partial charge >= 0.3 is 6.03 Å². The third-order valence-electron chi connectivity index (χ3n) is 2.47. The van der Waals surface area contributed by atoms with Gasteiger partial charge in [-0.2, -0.15) is 9.97 Å². The van der Waals surface area contributed by atoms with Gasteiger partial charge in [-0.3, -0.25) is 5.32 Å². The molecule has 0 spiro atoms. The lowest BCUT2D eigenvalue weighted by atomic mass is 10.3. The number of carbonyl (C=O) groups excluding carboxylic acids is 1. The molecule has 3 N–H and O–H groups in total. The van der Waals surface area contributed by atoms with E-state index in [2.05, 4.69) is 20.3 Å². The molecule has 0 unspecified atom stereocenters. The highest BCUT2D eigenvalue weighted by Gasteiger charge is 2.21. The molecule has 2 amide bonds. The predicted molar refractivity (Wildman–Crippen MR) is 76.7 cm³/mol. The summed E-state index contributed by atoms with van der Waals surface area (Å²) in [6, 6.07) is 4.21. The van der Waals surface area contributed by atoms with Crippen LogP contribution < -0.4 is 10.0 Å². The van der Waals surface area contributed by atoms with Crippen molar-refractivity contribution in [2.45, 2.75) is 18.7 Å². The molecule has 9 nitrogen and oxygen atoms in total. The zero-order valence-electron chi connectivity index (χ0n) is 11.7. The Morgan fingerprint density at radius 3 is 2.27 bits per heavy atom. The lowest BCUT2D eigenvalue weighted by Crippen LogP contribution is -2.35. The van der Waals surface area contributed by atoms with Gasteiger partial charge in [-0.05, 0) is 26.0 Å². The summed E-state index contributed by atoms with van der Waals surface area (Å²) in [5, 5.41) is 11.7. The summed E-state index contributed by atoms with van der Waals surface area (Å²) in [4.78, 5) is 23.0. The predicted octanol–water partition coefficient (Wildman–Crippen LogP) is 0.704. The second-order valence-corrected chi connectivity index (χ2v) is 5.93. The number of phenolic OH excluding ortho intramolecular Hbond substituents is 1. The van der Waals surface area contributed by atoms with E-state index < -0.39 is 26.7 Å². The van der Waals surface area contributed by atoms with Crippen LogP contribution in [0.2, 0.25) is 0 Å². The van der Waals surface area contributed by atoms with E-state index in [0.29, 0.717) is 11.6 Å². The van der Waals surface area contributed by atoms with E-state index in [4.69, 9.17) is 0 Å².